The van der Waals surface area contributed by atoms with Gasteiger partial charge in [-0.15, -0.1) is 0 Å². The Morgan fingerprint density at radius 2 is 2.15 bits per heavy atom. The second-order valence-electron chi connectivity index (χ2n) is 4.75. The molecule has 0 saturated carbocycles. The largest absolute Gasteiger partial charge is 0.198 e. The first-order valence-corrected chi connectivity index (χ1v) is 4.72. The van der Waals surface area contributed by atoms with Gasteiger partial charge in [-0.1, -0.05) is 37.6 Å². The van der Waals surface area contributed by atoms with Gasteiger partial charge < -0.3 is 0 Å². The van der Waals surface area contributed by atoms with E-state index in [0.29, 0.717) is 0 Å². The molecule has 1 unspecified atom stereocenters. The van der Waals surface area contributed by atoms with Crippen molar-refractivity contribution in [2.75, 3.05) is 0 Å². The van der Waals surface area contributed by atoms with Crippen LogP contribution in [0.1, 0.15) is 33.6 Å². The fraction of sp³-hybridized carbons (Fsp3) is 0.583. The molecule has 0 N–H and O–H groups in total. The van der Waals surface area contributed by atoms with Gasteiger partial charge in [0.1, 0.15) is 0 Å². The number of hydrogen-bond donors (Lipinski definition) is 0. The van der Waals surface area contributed by atoms with E-state index in [4.69, 9.17) is 5.26 Å². The van der Waals surface area contributed by atoms with E-state index in [0.717, 1.165) is 18.4 Å². The van der Waals surface area contributed by atoms with Gasteiger partial charge in [0.15, 0.2) is 0 Å². The summed E-state index contributed by atoms with van der Waals surface area (Å²) in [7, 11) is 0. The number of nitrogens with zero attached hydrogens (tertiary/aromatic N) is 1. The molecule has 0 aromatic rings. The summed E-state index contributed by atoms with van der Waals surface area (Å²) in [5, 5.41) is 8.82. The number of allylic oxidation sites excluding steroid dienone is 3. The van der Waals surface area contributed by atoms with Crippen LogP contribution in [0.5, 0.6) is 0 Å². The predicted molar refractivity (Wildman–Crippen MR) is 55.0 cm³/mol. The molecule has 1 aliphatic carbocycles. The molecule has 1 aliphatic rings. The molecule has 1 heteroatoms. The van der Waals surface area contributed by atoms with Gasteiger partial charge in [0.25, 0.3) is 0 Å². The van der Waals surface area contributed by atoms with Crippen LogP contribution in [0, 0.1) is 22.7 Å². The molecule has 1 nitrogen and oxygen atoms in total. The highest BCUT2D eigenvalue weighted by Crippen LogP contribution is 2.39. The van der Waals surface area contributed by atoms with Crippen molar-refractivity contribution in [2.45, 2.75) is 33.6 Å². The van der Waals surface area contributed by atoms with Crippen LogP contribution < -0.4 is 0 Å². The van der Waals surface area contributed by atoms with E-state index < -0.39 is 0 Å². The molecule has 0 saturated heterocycles. The lowest BCUT2D eigenvalue weighted by Gasteiger charge is -2.31. The highest BCUT2D eigenvalue weighted by Gasteiger charge is 2.26. The molecule has 0 heterocycles. The van der Waals surface area contributed by atoms with Gasteiger partial charge in [0.2, 0.25) is 0 Å². The Kier molecular flexibility index (Phi) is 2.61. The Labute approximate surface area is 80.8 Å². The average Bonchev–Trinajstić information content (AvgIpc) is 1.99. The highest BCUT2D eigenvalue weighted by molar-refractivity contribution is 5.30. The lowest BCUT2D eigenvalue weighted by molar-refractivity contribution is 0.343. The Balaban J connectivity index is 2.89. The minimum atomic E-state index is 0.0383. The van der Waals surface area contributed by atoms with E-state index in [2.05, 4.69) is 32.6 Å². The van der Waals surface area contributed by atoms with Crippen LogP contribution in [0.2, 0.25) is 0 Å². The SMILES string of the molecule is C=C1C=C(C(C)C#N)CC(C)(C)C1. The molecule has 0 bridgehead atoms. The summed E-state index contributed by atoms with van der Waals surface area (Å²) in [6, 6.07) is 2.28. The first-order valence-electron chi connectivity index (χ1n) is 4.72. The van der Waals surface area contributed by atoms with Crippen LogP contribution in [0.4, 0.5) is 0 Å². The molecule has 1 rings (SSSR count). The van der Waals surface area contributed by atoms with Crippen molar-refractivity contribution in [3.63, 3.8) is 0 Å². The minimum Gasteiger partial charge on any atom is -0.198 e. The van der Waals surface area contributed by atoms with Gasteiger partial charge >= 0.3 is 0 Å². The Hall–Kier alpha value is -1.03. The Morgan fingerprint density at radius 1 is 1.54 bits per heavy atom. The molecule has 1 atom stereocenters. The molecule has 0 radical (unpaired) electrons. The maximum Gasteiger partial charge on any atom is 0.0697 e. The van der Waals surface area contributed by atoms with Crippen molar-refractivity contribution in [1.82, 2.24) is 0 Å². The van der Waals surface area contributed by atoms with Crippen LogP contribution in [-0.4, -0.2) is 0 Å². The van der Waals surface area contributed by atoms with Crippen LogP contribution in [0.15, 0.2) is 23.8 Å². The maximum atomic E-state index is 8.82. The first-order chi connectivity index (χ1) is 5.94. The van der Waals surface area contributed by atoms with Crippen LogP contribution in [0.25, 0.3) is 0 Å². The van der Waals surface area contributed by atoms with Crippen molar-refractivity contribution < 1.29 is 0 Å². The van der Waals surface area contributed by atoms with Gasteiger partial charge in [0.05, 0.1) is 12.0 Å². The standard InChI is InChI=1S/C12H17N/c1-9-5-11(10(2)8-13)7-12(3,4)6-9/h5,10H,1,6-7H2,2-4H3. The highest BCUT2D eigenvalue weighted by atomic mass is 14.3. The Bertz CT molecular complexity index is 289. The smallest absolute Gasteiger partial charge is 0.0697 e. The lowest BCUT2D eigenvalue weighted by atomic mass is 9.73. The monoisotopic (exact) mass is 175 g/mol. The van der Waals surface area contributed by atoms with Gasteiger partial charge in [-0.25, -0.2) is 0 Å². The average molecular weight is 175 g/mol. The molecule has 70 valence electrons. The van der Waals surface area contributed by atoms with Crippen molar-refractivity contribution in [3.05, 3.63) is 23.8 Å². The van der Waals surface area contributed by atoms with Crippen molar-refractivity contribution >= 4 is 0 Å². The van der Waals surface area contributed by atoms with E-state index in [9.17, 15) is 0 Å². The van der Waals surface area contributed by atoms with E-state index >= 15 is 0 Å². The third kappa shape index (κ3) is 2.45. The third-order valence-electron chi connectivity index (χ3n) is 2.53. The van der Waals surface area contributed by atoms with Gasteiger partial charge in [-0.05, 0) is 25.2 Å². The molecule has 13 heavy (non-hydrogen) atoms. The molecule has 0 amide bonds. The maximum absolute atomic E-state index is 8.82. The number of hydrogen-bond acceptors (Lipinski definition) is 1. The van der Waals surface area contributed by atoms with Gasteiger partial charge in [0, 0.05) is 0 Å². The predicted octanol–water partition coefficient (Wildman–Crippen LogP) is 3.45. The topological polar surface area (TPSA) is 23.8 Å². The molecule has 0 aliphatic heterocycles. The summed E-state index contributed by atoms with van der Waals surface area (Å²) >= 11 is 0. The fourth-order valence-electron chi connectivity index (χ4n) is 1.96. The molecular weight excluding hydrogens is 158 g/mol. The molecular formula is C12H17N. The van der Waals surface area contributed by atoms with Crippen LogP contribution in [-0.2, 0) is 0 Å². The van der Waals surface area contributed by atoms with Crippen LogP contribution >= 0.6 is 0 Å². The van der Waals surface area contributed by atoms with E-state index in [1.54, 1.807) is 0 Å². The summed E-state index contributed by atoms with van der Waals surface area (Å²) in [6.45, 7) is 10.4. The number of nitriles is 1. The van der Waals surface area contributed by atoms with Crippen LogP contribution in [0.3, 0.4) is 0 Å². The van der Waals surface area contributed by atoms with E-state index in [1.807, 2.05) is 6.92 Å². The zero-order valence-corrected chi connectivity index (χ0v) is 8.72. The second kappa shape index (κ2) is 3.38. The molecule has 0 aromatic carbocycles. The summed E-state index contributed by atoms with van der Waals surface area (Å²) in [5.74, 6) is 0.0383. The summed E-state index contributed by atoms with van der Waals surface area (Å²) < 4.78 is 0. The zero-order chi connectivity index (χ0) is 10.1. The van der Waals surface area contributed by atoms with E-state index in [1.165, 1.54) is 5.57 Å². The van der Waals surface area contributed by atoms with Crippen molar-refractivity contribution in [2.24, 2.45) is 11.3 Å². The number of rotatable bonds is 1. The quantitative estimate of drug-likeness (QED) is 0.598. The minimum absolute atomic E-state index is 0.0383. The zero-order valence-electron chi connectivity index (χ0n) is 8.72. The lowest BCUT2D eigenvalue weighted by Crippen LogP contribution is -2.19. The van der Waals surface area contributed by atoms with Crippen molar-refractivity contribution in [1.29, 1.82) is 5.26 Å². The summed E-state index contributed by atoms with van der Waals surface area (Å²) in [4.78, 5) is 0. The summed E-state index contributed by atoms with van der Waals surface area (Å²) in [6.07, 6.45) is 4.18. The van der Waals surface area contributed by atoms with E-state index in [-0.39, 0.29) is 11.3 Å². The molecule has 0 fully saturated rings. The molecule has 0 aromatic heterocycles. The normalized spacial score (nSPS) is 23.2. The van der Waals surface area contributed by atoms with Crippen molar-refractivity contribution in [3.8, 4) is 6.07 Å². The molecule has 0 spiro atoms. The fourth-order valence-corrected chi connectivity index (χ4v) is 1.96. The van der Waals surface area contributed by atoms with Gasteiger partial charge in [-0.2, -0.15) is 5.26 Å². The second-order valence-corrected chi connectivity index (χ2v) is 4.75. The third-order valence-corrected chi connectivity index (χ3v) is 2.53. The first kappa shape index (κ1) is 10.1. The summed E-state index contributed by atoms with van der Waals surface area (Å²) in [5.41, 5.74) is 2.68. The van der Waals surface area contributed by atoms with Gasteiger partial charge in [-0.3, -0.25) is 0 Å². The Morgan fingerprint density at radius 3 is 2.62 bits per heavy atom.